The number of hydrogen-bond donors (Lipinski definition) is 2. The van der Waals surface area contributed by atoms with Crippen LogP contribution in [0, 0.1) is 34.0 Å². The molecule has 0 saturated heterocycles. The zero-order chi connectivity index (χ0) is 26.9. The number of hydrogen-bond acceptors (Lipinski definition) is 6. The van der Waals surface area contributed by atoms with Crippen molar-refractivity contribution in [3.05, 3.63) is 47.5 Å². The minimum absolute atomic E-state index is 0.0955. The van der Waals surface area contributed by atoms with Crippen LogP contribution in [0.5, 0.6) is 0 Å². The van der Waals surface area contributed by atoms with Crippen LogP contribution in [0.3, 0.4) is 0 Å². The third-order valence-electron chi connectivity index (χ3n) is 11.0. The van der Waals surface area contributed by atoms with Crippen LogP contribution >= 0.6 is 0 Å². The standard InChI is InChI=1S/C30H40N2O5/c1-6-28(4)14-23(37-27(36)32-16-20-8-7-19(15-31)13-21(20)26(32)35)29(5)17(2)9-11-30(18(3)25(28)34)12-10-22(33)24(29)30/h6-8,13,17-18,23-25,34H,1,9-12,14-16,31H2,2-5H3/t17-,18+,23-,24?,25+,28-,29+,30+/m1/s1. The highest BCUT2D eigenvalue weighted by molar-refractivity contribution is 6.06. The molecule has 2 bridgehead atoms. The van der Waals surface area contributed by atoms with Gasteiger partial charge in [-0.05, 0) is 60.1 Å². The van der Waals surface area contributed by atoms with E-state index in [-0.39, 0.29) is 35.5 Å². The summed E-state index contributed by atoms with van der Waals surface area (Å²) in [5.41, 5.74) is 6.12. The van der Waals surface area contributed by atoms with Gasteiger partial charge in [0, 0.05) is 35.3 Å². The predicted octanol–water partition coefficient (Wildman–Crippen LogP) is 4.60. The average Bonchev–Trinajstić information content (AvgIpc) is 3.41. The van der Waals surface area contributed by atoms with Crippen LogP contribution in [0.2, 0.25) is 0 Å². The van der Waals surface area contributed by atoms with Gasteiger partial charge in [-0.2, -0.15) is 0 Å². The Labute approximate surface area is 219 Å². The summed E-state index contributed by atoms with van der Waals surface area (Å²) in [5.74, 6) is -0.466. The SMILES string of the molecule is C=C[C@]1(C)C[C@@H](OC(=O)N2Cc3ccc(CN)cc3C2=O)[C@@]2(C)C3C(=O)CC[C@@]3(CC[C@H]2C)[C@@H](C)[C@@H]1O. The van der Waals surface area contributed by atoms with Crippen LogP contribution < -0.4 is 5.73 Å². The van der Waals surface area contributed by atoms with Crippen molar-refractivity contribution in [3.63, 3.8) is 0 Å². The van der Waals surface area contributed by atoms with E-state index in [0.717, 1.165) is 35.3 Å². The monoisotopic (exact) mass is 508 g/mol. The molecule has 8 atom stereocenters. The maximum absolute atomic E-state index is 13.7. The van der Waals surface area contributed by atoms with E-state index in [0.29, 0.717) is 24.9 Å². The summed E-state index contributed by atoms with van der Waals surface area (Å²) < 4.78 is 6.29. The number of imide groups is 1. The Kier molecular flexibility index (Phi) is 6.19. The van der Waals surface area contributed by atoms with Gasteiger partial charge in [0.05, 0.1) is 12.6 Å². The van der Waals surface area contributed by atoms with Gasteiger partial charge < -0.3 is 15.6 Å². The second kappa shape index (κ2) is 8.77. The van der Waals surface area contributed by atoms with Gasteiger partial charge in [-0.25, -0.2) is 9.69 Å². The van der Waals surface area contributed by atoms with E-state index in [2.05, 4.69) is 27.4 Å². The molecule has 0 radical (unpaired) electrons. The van der Waals surface area contributed by atoms with Crippen molar-refractivity contribution in [3.8, 4) is 0 Å². The normalized spacial score (nSPS) is 41.0. The molecule has 7 heteroatoms. The van der Waals surface area contributed by atoms with E-state index in [1.54, 1.807) is 12.1 Å². The molecule has 0 aromatic heterocycles. The lowest BCUT2D eigenvalue weighted by Crippen LogP contribution is -2.63. The highest BCUT2D eigenvalue weighted by Crippen LogP contribution is 2.68. The van der Waals surface area contributed by atoms with Crippen LogP contribution in [-0.4, -0.2) is 40.0 Å². The number of nitrogens with zero attached hydrogens (tertiary/aromatic N) is 1. The summed E-state index contributed by atoms with van der Waals surface area (Å²) in [6.07, 6.45) is 3.01. The third kappa shape index (κ3) is 3.57. The molecule has 37 heavy (non-hydrogen) atoms. The fraction of sp³-hybridized carbons (Fsp3) is 0.633. The number of carbonyl (C=O) groups is 3. The van der Waals surface area contributed by atoms with Crippen LogP contribution in [0.1, 0.15) is 81.3 Å². The zero-order valence-corrected chi connectivity index (χ0v) is 22.5. The van der Waals surface area contributed by atoms with E-state index in [1.807, 2.05) is 19.1 Å². The lowest BCUT2D eigenvalue weighted by atomic mass is 9.44. The topological polar surface area (TPSA) is 110 Å². The van der Waals surface area contributed by atoms with Gasteiger partial charge in [0.1, 0.15) is 11.9 Å². The molecule has 1 unspecified atom stereocenters. The quantitative estimate of drug-likeness (QED) is 0.578. The first-order valence-corrected chi connectivity index (χ1v) is 13.6. The number of ketones is 1. The first-order chi connectivity index (χ1) is 17.4. The highest BCUT2D eigenvalue weighted by atomic mass is 16.6. The maximum Gasteiger partial charge on any atom is 0.417 e. The molecule has 3 aliphatic carbocycles. The van der Waals surface area contributed by atoms with Crippen molar-refractivity contribution in [1.29, 1.82) is 0 Å². The number of nitrogens with two attached hydrogens (primary N) is 1. The van der Waals surface area contributed by atoms with Gasteiger partial charge in [0.25, 0.3) is 5.91 Å². The molecule has 3 fully saturated rings. The van der Waals surface area contributed by atoms with Gasteiger partial charge in [-0.1, -0.05) is 45.9 Å². The number of carbonyl (C=O) groups excluding carboxylic acids is 3. The number of fused-ring (bicyclic) bond motifs is 1. The second-order valence-electron chi connectivity index (χ2n) is 12.5. The first-order valence-electron chi connectivity index (χ1n) is 13.6. The van der Waals surface area contributed by atoms with Crippen molar-refractivity contribution in [1.82, 2.24) is 4.90 Å². The average molecular weight is 509 g/mol. The minimum atomic E-state index is -0.732. The molecule has 7 nitrogen and oxygen atoms in total. The van der Waals surface area contributed by atoms with Crippen LogP contribution in [-0.2, 0) is 22.6 Å². The van der Waals surface area contributed by atoms with E-state index < -0.39 is 35.0 Å². The summed E-state index contributed by atoms with van der Waals surface area (Å²) >= 11 is 0. The fourth-order valence-electron chi connectivity index (χ4n) is 8.31. The van der Waals surface area contributed by atoms with Gasteiger partial charge in [0.2, 0.25) is 0 Å². The zero-order valence-electron chi connectivity index (χ0n) is 22.5. The number of amides is 2. The summed E-state index contributed by atoms with van der Waals surface area (Å²) in [7, 11) is 0. The maximum atomic E-state index is 13.7. The van der Waals surface area contributed by atoms with Crippen LogP contribution in [0.4, 0.5) is 4.79 Å². The molecule has 1 aliphatic heterocycles. The summed E-state index contributed by atoms with van der Waals surface area (Å²) in [6.45, 7) is 12.8. The van der Waals surface area contributed by atoms with Gasteiger partial charge in [-0.3, -0.25) is 9.59 Å². The number of Topliss-reactive ketones (excluding diaryl/α,β-unsaturated/α-hetero) is 1. The highest BCUT2D eigenvalue weighted by Gasteiger charge is 2.68. The van der Waals surface area contributed by atoms with E-state index >= 15 is 0 Å². The molecule has 0 spiro atoms. The number of aliphatic hydroxyl groups is 1. The minimum Gasteiger partial charge on any atom is -0.445 e. The Balaban J connectivity index is 1.54. The van der Waals surface area contributed by atoms with Crippen molar-refractivity contribution in [2.45, 2.75) is 85.1 Å². The number of rotatable bonds is 3. The van der Waals surface area contributed by atoms with E-state index in [4.69, 9.17) is 10.5 Å². The summed E-state index contributed by atoms with van der Waals surface area (Å²) in [5, 5.41) is 11.7. The Morgan fingerprint density at radius 3 is 2.68 bits per heavy atom. The van der Waals surface area contributed by atoms with Crippen LogP contribution in [0.25, 0.3) is 0 Å². The predicted molar refractivity (Wildman–Crippen MR) is 139 cm³/mol. The number of ether oxygens (including phenoxy) is 1. The Morgan fingerprint density at radius 2 is 2.00 bits per heavy atom. The van der Waals surface area contributed by atoms with Crippen molar-refractivity contribution in [2.24, 2.45) is 39.7 Å². The second-order valence-corrected chi connectivity index (χ2v) is 12.5. The first kappa shape index (κ1) is 26.1. The van der Waals surface area contributed by atoms with Crippen molar-refractivity contribution in [2.75, 3.05) is 0 Å². The van der Waals surface area contributed by atoms with Crippen LogP contribution in [0.15, 0.2) is 30.9 Å². The molecule has 200 valence electrons. The van der Waals surface area contributed by atoms with E-state index in [1.165, 1.54) is 0 Å². The molecular weight excluding hydrogens is 468 g/mol. The number of aliphatic hydroxyl groups excluding tert-OH is 1. The molecular formula is C30H40N2O5. The largest absolute Gasteiger partial charge is 0.445 e. The van der Waals surface area contributed by atoms with Crippen molar-refractivity contribution >= 4 is 17.8 Å². The number of benzene rings is 1. The molecule has 3 saturated carbocycles. The van der Waals surface area contributed by atoms with E-state index in [9.17, 15) is 19.5 Å². The summed E-state index contributed by atoms with van der Waals surface area (Å²) in [6, 6.07) is 5.44. The van der Waals surface area contributed by atoms with Crippen molar-refractivity contribution < 1.29 is 24.2 Å². The van der Waals surface area contributed by atoms with Gasteiger partial charge in [0.15, 0.2) is 0 Å². The molecule has 2 amide bonds. The Hall–Kier alpha value is -2.51. The smallest absolute Gasteiger partial charge is 0.417 e. The lowest BCUT2D eigenvalue weighted by molar-refractivity contribution is -0.192. The van der Waals surface area contributed by atoms with Gasteiger partial charge in [-0.15, -0.1) is 6.58 Å². The molecule has 1 heterocycles. The molecule has 5 rings (SSSR count). The lowest BCUT2D eigenvalue weighted by Gasteiger charge is -2.61. The molecule has 1 aromatic carbocycles. The molecule has 1 aromatic rings. The Morgan fingerprint density at radius 1 is 1.27 bits per heavy atom. The fourth-order valence-corrected chi connectivity index (χ4v) is 8.31. The molecule has 3 N–H and O–H groups in total. The third-order valence-corrected chi connectivity index (χ3v) is 11.0. The van der Waals surface area contributed by atoms with Gasteiger partial charge >= 0.3 is 6.09 Å². The molecule has 4 aliphatic rings. The Bertz CT molecular complexity index is 1160. The summed E-state index contributed by atoms with van der Waals surface area (Å²) in [4.78, 5) is 41.6.